The summed E-state index contributed by atoms with van der Waals surface area (Å²) in [4.78, 5) is 73.3. The van der Waals surface area contributed by atoms with E-state index in [1.54, 1.807) is 0 Å². The standard InChI is InChI=1S/C89H174O17P2/c1-6-9-12-15-18-21-24-27-30-33-35-37-39-41-44-47-50-53-60-65-70-75-88(93)105-84(78-99-86(91)72-67-62-57-51-48-45-43-40-38-36-34-31-28-25-22-19-16-13-10-7-2)80-103-107(95,96)101-76-83(90)77-102-108(97,98)104-81-85(79-100-87(92)73-68-63-58-55-54-56-61-66-71-82(4)5)106-89(94)74-69-64-59-52-49-46-42-32-29-26-23-20-17-14-11-8-3/h82-85,90H,6-81H2,1-5H3,(H,95,96)(H,97,98)/t83-,84-,85-/m1/s1. The number of carbonyl (C=O) groups is 4. The van der Waals surface area contributed by atoms with Gasteiger partial charge in [0.15, 0.2) is 12.2 Å². The Balaban J connectivity index is 5.23. The molecule has 0 saturated heterocycles. The number of aliphatic hydroxyl groups excluding tert-OH is 1. The Morgan fingerprint density at radius 2 is 0.426 bits per heavy atom. The summed E-state index contributed by atoms with van der Waals surface area (Å²) in [5, 5.41) is 10.7. The van der Waals surface area contributed by atoms with E-state index in [0.29, 0.717) is 25.7 Å². The average Bonchev–Trinajstić information content (AvgIpc) is 0.900. The van der Waals surface area contributed by atoms with E-state index in [4.69, 9.17) is 37.0 Å². The number of unbranched alkanes of at least 4 members (excludes halogenated alkanes) is 61. The van der Waals surface area contributed by atoms with E-state index in [9.17, 15) is 43.2 Å². The van der Waals surface area contributed by atoms with Crippen molar-refractivity contribution >= 4 is 39.5 Å². The van der Waals surface area contributed by atoms with Crippen molar-refractivity contribution < 1.29 is 80.2 Å². The van der Waals surface area contributed by atoms with E-state index in [1.807, 2.05) is 0 Å². The summed E-state index contributed by atoms with van der Waals surface area (Å²) in [6.45, 7) is 7.35. The van der Waals surface area contributed by atoms with Crippen molar-refractivity contribution in [1.82, 2.24) is 0 Å². The van der Waals surface area contributed by atoms with Crippen molar-refractivity contribution in [2.24, 2.45) is 5.92 Å². The molecule has 0 heterocycles. The molecule has 0 bridgehead atoms. The van der Waals surface area contributed by atoms with Gasteiger partial charge in [0.05, 0.1) is 26.4 Å². The molecule has 0 aromatic carbocycles. The second-order valence-corrected chi connectivity index (χ2v) is 35.4. The first-order valence-electron chi connectivity index (χ1n) is 46.1. The molecule has 0 aliphatic heterocycles. The van der Waals surface area contributed by atoms with E-state index in [2.05, 4.69) is 34.6 Å². The van der Waals surface area contributed by atoms with Crippen LogP contribution in [0.4, 0.5) is 0 Å². The molecule has 0 rings (SSSR count). The number of aliphatic hydroxyl groups is 1. The van der Waals surface area contributed by atoms with Crippen LogP contribution in [-0.2, 0) is 65.4 Å². The molecule has 3 N–H and O–H groups in total. The first-order valence-corrected chi connectivity index (χ1v) is 49.1. The number of phosphoric ester groups is 2. The lowest BCUT2D eigenvalue weighted by Gasteiger charge is -2.21. The quantitative estimate of drug-likeness (QED) is 0.0222. The summed E-state index contributed by atoms with van der Waals surface area (Å²) in [6.07, 6.45) is 76.6. The third kappa shape index (κ3) is 82.1. The maximum atomic E-state index is 13.2. The van der Waals surface area contributed by atoms with Crippen LogP contribution >= 0.6 is 15.6 Å². The van der Waals surface area contributed by atoms with E-state index in [-0.39, 0.29) is 25.7 Å². The van der Waals surface area contributed by atoms with Crippen LogP contribution in [0.2, 0.25) is 0 Å². The van der Waals surface area contributed by atoms with Gasteiger partial charge in [0.1, 0.15) is 19.3 Å². The summed E-state index contributed by atoms with van der Waals surface area (Å²) < 4.78 is 69.0. The van der Waals surface area contributed by atoms with Crippen molar-refractivity contribution in [2.45, 2.75) is 502 Å². The molecule has 0 aromatic heterocycles. The van der Waals surface area contributed by atoms with Crippen LogP contribution in [0.3, 0.4) is 0 Å². The molecule has 0 spiro atoms. The molecular weight excluding hydrogens is 1400 g/mol. The number of phosphoric acid groups is 2. The molecule has 2 unspecified atom stereocenters. The predicted octanol–water partition coefficient (Wildman–Crippen LogP) is 27.5. The number of esters is 4. The summed E-state index contributed by atoms with van der Waals surface area (Å²) in [5.74, 6) is -1.37. The van der Waals surface area contributed by atoms with Crippen LogP contribution in [0.1, 0.15) is 484 Å². The molecule has 0 aromatic rings. The first kappa shape index (κ1) is 106. The molecule has 19 heteroatoms. The zero-order chi connectivity index (χ0) is 79.0. The van der Waals surface area contributed by atoms with Crippen LogP contribution in [0, 0.1) is 5.92 Å². The van der Waals surface area contributed by atoms with E-state index in [0.717, 1.165) is 95.8 Å². The minimum atomic E-state index is -4.97. The molecule has 0 aliphatic carbocycles. The van der Waals surface area contributed by atoms with Crippen molar-refractivity contribution in [1.29, 1.82) is 0 Å². The Labute approximate surface area is 664 Å². The fourth-order valence-electron chi connectivity index (χ4n) is 14.0. The second kappa shape index (κ2) is 81.6. The molecule has 0 aliphatic rings. The SMILES string of the molecule is CCCCCCCCCCCCCCCCCCCCCCCC(=O)O[C@H](COC(=O)CCCCCCCCCCCCCCCCCCCCCC)COP(=O)(O)OC[C@@H](O)COP(=O)(O)OC[C@@H](COC(=O)CCCCCCCCCCC(C)C)OC(=O)CCCCCCCCCCCCCCCCCC. The summed E-state index contributed by atoms with van der Waals surface area (Å²) in [5.41, 5.74) is 0. The maximum Gasteiger partial charge on any atom is 0.472 e. The normalized spacial score (nSPS) is 13.7. The third-order valence-corrected chi connectivity index (χ3v) is 22.9. The number of hydrogen-bond acceptors (Lipinski definition) is 15. The molecule has 642 valence electrons. The fraction of sp³-hybridized carbons (Fsp3) is 0.955. The Kier molecular flexibility index (Phi) is 80.2. The average molecular weight is 1580 g/mol. The van der Waals surface area contributed by atoms with Gasteiger partial charge in [0, 0.05) is 25.7 Å². The number of hydrogen-bond donors (Lipinski definition) is 3. The molecule has 17 nitrogen and oxygen atoms in total. The lowest BCUT2D eigenvalue weighted by molar-refractivity contribution is -0.161. The summed E-state index contributed by atoms with van der Waals surface area (Å²) in [6, 6.07) is 0. The highest BCUT2D eigenvalue weighted by Gasteiger charge is 2.30. The van der Waals surface area contributed by atoms with Crippen LogP contribution < -0.4 is 0 Å². The fourth-order valence-corrected chi connectivity index (χ4v) is 15.6. The Hall–Kier alpha value is -1.94. The zero-order valence-corrected chi connectivity index (χ0v) is 72.8. The Morgan fingerprint density at radius 1 is 0.250 bits per heavy atom. The van der Waals surface area contributed by atoms with E-state index in [1.165, 1.54) is 308 Å². The molecule has 5 atom stereocenters. The first-order chi connectivity index (χ1) is 52.5. The molecule has 108 heavy (non-hydrogen) atoms. The summed E-state index contributed by atoms with van der Waals surface area (Å²) >= 11 is 0. The van der Waals surface area contributed by atoms with Crippen molar-refractivity contribution in [2.75, 3.05) is 39.6 Å². The highest BCUT2D eigenvalue weighted by atomic mass is 31.2. The molecular formula is C89H174O17P2. The van der Waals surface area contributed by atoms with Gasteiger partial charge in [-0.05, 0) is 31.6 Å². The van der Waals surface area contributed by atoms with Gasteiger partial charge in [0.25, 0.3) is 0 Å². The second-order valence-electron chi connectivity index (χ2n) is 32.5. The van der Waals surface area contributed by atoms with Gasteiger partial charge in [-0.2, -0.15) is 0 Å². The summed E-state index contributed by atoms with van der Waals surface area (Å²) in [7, 11) is -9.93. The van der Waals surface area contributed by atoms with Crippen LogP contribution in [-0.4, -0.2) is 96.7 Å². The van der Waals surface area contributed by atoms with Crippen LogP contribution in [0.25, 0.3) is 0 Å². The van der Waals surface area contributed by atoms with Gasteiger partial charge >= 0.3 is 39.5 Å². The highest BCUT2D eigenvalue weighted by Crippen LogP contribution is 2.45. The van der Waals surface area contributed by atoms with Crippen molar-refractivity contribution in [3.63, 3.8) is 0 Å². The topological polar surface area (TPSA) is 237 Å². The lowest BCUT2D eigenvalue weighted by Crippen LogP contribution is -2.30. The van der Waals surface area contributed by atoms with Gasteiger partial charge in [-0.25, -0.2) is 9.13 Å². The molecule has 0 amide bonds. The van der Waals surface area contributed by atoms with Crippen LogP contribution in [0.15, 0.2) is 0 Å². The molecule has 0 saturated carbocycles. The monoisotopic (exact) mass is 1580 g/mol. The minimum absolute atomic E-state index is 0.108. The Bertz CT molecular complexity index is 2050. The Morgan fingerprint density at radius 3 is 0.630 bits per heavy atom. The maximum absolute atomic E-state index is 13.2. The lowest BCUT2D eigenvalue weighted by atomic mass is 10.0. The number of rotatable bonds is 89. The van der Waals surface area contributed by atoms with Crippen molar-refractivity contribution in [3.8, 4) is 0 Å². The van der Waals surface area contributed by atoms with Crippen LogP contribution in [0.5, 0.6) is 0 Å². The predicted molar refractivity (Wildman–Crippen MR) is 446 cm³/mol. The largest absolute Gasteiger partial charge is 0.472 e. The minimum Gasteiger partial charge on any atom is -0.462 e. The molecule has 0 fully saturated rings. The van der Waals surface area contributed by atoms with Gasteiger partial charge in [0.2, 0.25) is 0 Å². The smallest absolute Gasteiger partial charge is 0.462 e. The van der Waals surface area contributed by atoms with Gasteiger partial charge < -0.3 is 33.8 Å². The molecule has 0 radical (unpaired) electrons. The highest BCUT2D eigenvalue weighted by molar-refractivity contribution is 7.47. The van der Waals surface area contributed by atoms with E-state index >= 15 is 0 Å². The number of ether oxygens (including phenoxy) is 4. The van der Waals surface area contributed by atoms with E-state index < -0.39 is 97.5 Å². The van der Waals surface area contributed by atoms with Gasteiger partial charge in [-0.15, -0.1) is 0 Å². The number of carbonyl (C=O) groups excluding carboxylic acids is 4. The zero-order valence-electron chi connectivity index (χ0n) is 71.0. The van der Waals surface area contributed by atoms with Crippen molar-refractivity contribution in [3.05, 3.63) is 0 Å². The van der Waals surface area contributed by atoms with Gasteiger partial charge in [-0.3, -0.25) is 37.3 Å². The van der Waals surface area contributed by atoms with Gasteiger partial charge in [-0.1, -0.05) is 433 Å². The third-order valence-electron chi connectivity index (χ3n) is 21.0.